The molecular weight excluding hydrogens is 242 g/mol. The van der Waals surface area contributed by atoms with Gasteiger partial charge in [-0.1, -0.05) is 12.1 Å². The molecule has 0 radical (unpaired) electrons. The van der Waals surface area contributed by atoms with Gasteiger partial charge < -0.3 is 10.0 Å². The van der Waals surface area contributed by atoms with Crippen molar-refractivity contribution in [2.24, 2.45) is 5.92 Å². The Balaban J connectivity index is 1.80. The number of anilines is 1. The lowest BCUT2D eigenvalue weighted by Gasteiger charge is -2.30. The van der Waals surface area contributed by atoms with E-state index < -0.39 is 5.97 Å². The van der Waals surface area contributed by atoms with Gasteiger partial charge in [-0.05, 0) is 25.0 Å². The second kappa shape index (κ2) is 4.84. The molecule has 0 unspecified atom stereocenters. The van der Waals surface area contributed by atoms with Crippen molar-refractivity contribution in [3.63, 3.8) is 0 Å². The van der Waals surface area contributed by atoms with Gasteiger partial charge in [0.25, 0.3) is 0 Å². The first-order chi connectivity index (χ1) is 9.24. The molecule has 1 aliphatic heterocycles. The monoisotopic (exact) mass is 257 g/mol. The van der Waals surface area contributed by atoms with E-state index in [4.69, 9.17) is 5.11 Å². The molecular formula is C14H15N3O2. The summed E-state index contributed by atoms with van der Waals surface area (Å²) in [5.74, 6) is -0.0727. The number of benzene rings is 1. The molecule has 1 saturated heterocycles. The zero-order chi connectivity index (χ0) is 13.2. The third kappa shape index (κ3) is 2.36. The van der Waals surface area contributed by atoms with Gasteiger partial charge in [0.15, 0.2) is 0 Å². The standard InChI is InChI=1S/C14H15N3O2/c18-14(19)10-5-7-17(8-6-10)13-9-15-11-3-1-2-4-12(11)16-13/h1-4,9-10H,5-8H2,(H,18,19). The molecule has 1 N–H and O–H groups in total. The first-order valence-corrected chi connectivity index (χ1v) is 6.43. The van der Waals surface area contributed by atoms with Crippen LogP contribution in [-0.2, 0) is 4.79 Å². The van der Waals surface area contributed by atoms with Crippen molar-refractivity contribution in [2.45, 2.75) is 12.8 Å². The van der Waals surface area contributed by atoms with Gasteiger partial charge in [0.2, 0.25) is 0 Å². The lowest BCUT2D eigenvalue weighted by molar-refractivity contribution is -0.142. The Labute approximate surface area is 110 Å². The molecule has 1 aromatic carbocycles. The van der Waals surface area contributed by atoms with Crippen molar-refractivity contribution in [2.75, 3.05) is 18.0 Å². The summed E-state index contributed by atoms with van der Waals surface area (Å²) in [7, 11) is 0. The average Bonchev–Trinajstić information content (AvgIpc) is 2.47. The molecule has 5 heteroatoms. The third-order valence-corrected chi connectivity index (χ3v) is 3.60. The van der Waals surface area contributed by atoms with E-state index >= 15 is 0 Å². The summed E-state index contributed by atoms with van der Waals surface area (Å²) in [6.07, 6.45) is 3.11. The molecule has 0 aliphatic carbocycles. The molecule has 0 saturated carbocycles. The second-order valence-electron chi connectivity index (χ2n) is 4.82. The molecule has 1 aromatic heterocycles. The topological polar surface area (TPSA) is 66.3 Å². The van der Waals surface area contributed by atoms with Crippen LogP contribution in [0.5, 0.6) is 0 Å². The Kier molecular flexibility index (Phi) is 3.03. The number of rotatable bonds is 2. The molecule has 0 amide bonds. The van der Waals surface area contributed by atoms with Crippen LogP contribution in [-0.4, -0.2) is 34.1 Å². The first kappa shape index (κ1) is 11.9. The van der Waals surface area contributed by atoms with Crippen molar-refractivity contribution >= 4 is 22.8 Å². The highest BCUT2D eigenvalue weighted by molar-refractivity contribution is 5.75. The van der Waals surface area contributed by atoms with Crippen LogP contribution in [0.4, 0.5) is 5.82 Å². The number of carboxylic acids is 1. The number of hydrogen-bond donors (Lipinski definition) is 1. The third-order valence-electron chi connectivity index (χ3n) is 3.60. The maximum absolute atomic E-state index is 10.9. The Bertz CT molecular complexity index is 606. The van der Waals surface area contributed by atoms with Gasteiger partial charge >= 0.3 is 5.97 Å². The number of aromatic nitrogens is 2. The minimum atomic E-state index is -0.691. The number of carboxylic acid groups (broad SMARTS) is 1. The van der Waals surface area contributed by atoms with Crippen molar-refractivity contribution in [3.8, 4) is 0 Å². The highest BCUT2D eigenvalue weighted by Gasteiger charge is 2.25. The molecule has 2 heterocycles. The first-order valence-electron chi connectivity index (χ1n) is 6.43. The van der Waals surface area contributed by atoms with Crippen LogP contribution in [0, 0.1) is 5.92 Å². The zero-order valence-corrected chi connectivity index (χ0v) is 10.5. The van der Waals surface area contributed by atoms with E-state index in [-0.39, 0.29) is 5.92 Å². The molecule has 2 aromatic rings. The summed E-state index contributed by atoms with van der Waals surface area (Å²) in [4.78, 5) is 22.0. The number of hydrogen-bond acceptors (Lipinski definition) is 4. The molecule has 1 aliphatic rings. The average molecular weight is 257 g/mol. The second-order valence-corrected chi connectivity index (χ2v) is 4.82. The normalized spacial score (nSPS) is 16.7. The van der Waals surface area contributed by atoms with Gasteiger partial charge in [-0.15, -0.1) is 0 Å². The summed E-state index contributed by atoms with van der Waals surface area (Å²) in [5, 5.41) is 8.99. The van der Waals surface area contributed by atoms with Crippen LogP contribution in [0.1, 0.15) is 12.8 Å². The van der Waals surface area contributed by atoms with Gasteiger partial charge in [0.1, 0.15) is 5.82 Å². The number of piperidine rings is 1. The number of carbonyl (C=O) groups is 1. The number of fused-ring (bicyclic) bond motifs is 1. The quantitative estimate of drug-likeness (QED) is 0.890. The van der Waals surface area contributed by atoms with Crippen molar-refractivity contribution < 1.29 is 9.90 Å². The molecule has 0 bridgehead atoms. The molecule has 5 nitrogen and oxygen atoms in total. The van der Waals surface area contributed by atoms with Gasteiger partial charge in [-0.2, -0.15) is 0 Å². The number of para-hydroxylation sites is 2. The molecule has 19 heavy (non-hydrogen) atoms. The Hall–Kier alpha value is -2.17. The van der Waals surface area contributed by atoms with Crippen molar-refractivity contribution in [3.05, 3.63) is 30.5 Å². The number of nitrogens with zero attached hydrogens (tertiary/aromatic N) is 3. The van der Waals surface area contributed by atoms with Gasteiger partial charge in [0.05, 0.1) is 23.1 Å². The van der Waals surface area contributed by atoms with Gasteiger partial charge in [-0.25, -0.2) is 4.98 Å². The maximum atomic E-state index is 10.9. The predicted octanol–water partition coefficient (Wildman–Crippen LogP) is 1.93. The van der Waals surface area contributed by atoms with Crippen molar-refractivity contribution in [1.82, 2.24) is 9.97 Å². The van der Waals surface area contributed by atoms with Crippen LogP contribution in [0.3, 0.4) is 0 Å². The SMILES string of the molecule is O=C(O)C1CCN(c2cnc3ccccc3n2)CC1. The van der Waals surface area contributed by atoms with E-state index in [2.05, 4.69) is 14.9 Å². The minimum absolute atomic E-state index is 0.218. The van der Waals surface area contributed by atoms with E-state index in [9.17, 15) is 4.79 Å². The van der Waals surface area contributed by atoms with E-state index in [1.54, 1.807) is 6.20 Å². The summed E-state index contributed by atoms with van der Waals surface area (Å²) >= 11 is 0. The van der Waals surface area contributed by atoms with E-state index in [0.717, 1.165) is 29.9 Å². The Morgan fingerprint density at radius 2 is 1.89 bits per heavy atom. The maximum Gasteiger partial charge on any atom is 0.306 e. The summed E-state index contributed by atoms with van der Waals surface area (Å²) in [6, 6.07) is 7.76. The zero-order valence-electron chi connectivity index (χ0n) is 10.5. The van der Waals surface area contributed by atoms with Crippen LogP contribution >= 0.6 is 0 Å². The van der Waals surface area contributed by atoms with Crippen molar-refractivity contribution in [1.29, 1.82) is 0 Å². The molecule has 0 atom stereocenters. The van der Waals surface area contributed by atoms with E-state index in [1.807, 2.05) is 24.3 Å². The molecule has 98 valence electrons. The Morgan fingerprint density at radius 1 is 1.21 bits per heavy atom. The molecule has 0 spiro atoms. The smallest absolute Gasteiger partial charge is 0.306 e. The van der Waals surface area contributed by atoms with Crippen LogP contribution in [0.25, 0.3) is 11.0 Å². The lowest BCUT2D eigenvalue weighted by atomic mass is 9.97. The summed E-state index contributed by atoms with van der Waals surface area (Å²) < 4.78 is 0. The highest BCUT2D eigenvalue weighted by atomic mass is 16.4. The molecule has 1 fully saturated rings. The minimum Gasteiger partial charge on any atom is -0.481 e. The number of aliphatic carboxylic acids is 1. The fourth-order valence-electron chi connectivity index (χ4n) is 2.46. The fourth-order valence-corrected chi connectivity index (χ4v) is 2.46. The van der Waals surface area contributed by atoms with Crippen LogP contribution in [0.2, 0.25) is 0 Å². The molecule has 3 rings (SSSR count). The van der Waals surface area contributed by atoms with E-state index in [0.29, 0.717) is 12.8 Å². The summed E-state index contributed by atoms with van der Waals surface area (Å²) in [5.41, 5.74) is 1.76. The largest absolute Gasteiger partial charge is 0.481 e. The van der Waals surface area contributed by atoms with Crippen LogP contribution in [0.15, 0.2) is 30.5 Å². The Morgan fingerprint density at radius 3 is 2.58 bits per heavy atom. The van der Waals surface area contributed by atoms with E-state index in [1.165, 1.54) is 0 Å². The van der Waals surface area contributed by atoms with Crippen LogP contribution < -0.4 is 4.90 Å². The fraction of sp³-hybridized carbons (Fsp3) is 0.357. The van der Waals surface area contributed by atoms with Gasteiger partial charge in [0, 0.05) is 13.1 Å². The highest BCUT2D eigenvalue weighted by Crippen LogP contribution is 2.22. The predicted molar refractivity (Wildman–Crippen MR) is 72.1 cm³/mol. The lowest BCUT2D eigenvalue weighted by Crippen LogP contribution is -2.36. The van der Waals surface area contributed by atoms with Gasteiger partial charge in [-0.3, -0.25) is 9.78 Å². The summed E-state index contributed by atoms with van der Waals surface area (Å²) in [6.45, 7) is 1.45.